The Labute approximate surface area is 203 Å². The lowest BCUT2D eigenvalue weighted by Crippen LogP contribution is -2.53. The van der Waals surface area contributed by atoms with Gasteiger partial charge in [0.1, 0.15) is 0 Å². The Morgan fingerprint density at radius 2 is 1.94 bits per heavy atom. The lowest BCUT2D eigenvalue weighted by atomic mass is 9.65. The molecule has 2 aromatic rings. The summed E-state index contributed by atoms with van der Waals surface area (Å²) in [6, 6.07) is 18.1. The van der Waals surface area contributed by atoms with E-state index >= 15 is 0 Å². The SMILES string of the molecule is C=CCNC(=S)NC1CCC2(c3ccc(OC)c(OC)c3)CCN(Cc3ccccc3)C2C1. The number of hydrogen-bond donors (Lipinski definition) is 2. The molecular weight excluding hydrogens is 430 g/mol. The molecule has 1 aliphatic carbocycles. The van der Waals surface area contributed by atoms with Crippen molar-refractivity contribution in [3.8, 4) is 11.5 Å². The second-order valence-electron chi connectivity index (χ2n) is 9.06. The highest BCUT2D eigenvalue weighted by molar-refractivity contribution is 7.80. The summed E-state index contributed by atoms with van der Waals surface area (Å²) in [5.41, 5.74) is 2.81. The monoisotopic (exact) mass is 465 g/mol. The molecule has 3 unspecified atom stereocenters. The van der Waals surface area contributed by atoms with E-state index < -0.39 is 0 Å². The molecule has 1 saturated heterocycles. The van der Waals surface area contributed by atoms with Gasteiger partial charge in [0.2, 0.25) is 0 Å². The number of methoxy groups -OCH3 is 2. The third-order valence-corrected chi connectivity index (χ3v) is 7.56. The molecule has 0 radical (unpaired) electrons. The number of ether oxygens (including phenoxy) is 2. The summed E-state index contributed by atoms with van der Waals surface area (Å²) in [7, 11) is 3.40. The van der Waals surface area contributed by atoms with Crippen LogP contribution in [0.15, 0.2) is 61.2 Å². The summed E-state index contributed by atoms with van der Waals surface area (Å²) < 4.78 is 11.2. The molecule has 176 valence electrons. The number of benzene rings is 2. The van der Waals surface area contributed by atoms with Crippen LogP contribution >= 0.6 is 12.2 Å². The van der Waals surface area contributed by atoms with Crippen LogP contribution in [-0.2, 0) is 12.0 Å². The van der Waals surface area contributed by atoms with Crippen molar-refractivity contribution >= 4 is 17.3 Å². The Kier molecular flexibility index (Phi) is 7.56. The van der Waals surface area contributed by atoms with Crippen LogP contribution in [-0.4, -0.2) is 49.4 Å². The van der Waals surface area contributed by atoms with Gasteiger partial charge >= 0.3 is 0 Å². The van der Waals surface area contributed by atoms with E-state index in [-0.39, 0.29) is 5.41 Å². The number of rotatable bonds is 8. The Hall–Kier alpha value is -2.57. The Morgan fingerprint density at radius 1 is 1.15 bits per heavy atom. The third kappa shape index (κ3) is 5.02. The molecule has 0 amide bonds. The molecular formula is C27H35N3O2S. The van der Waals surface area contributed by atoms with Gasteiger partial charge < -0.3 is 20.1 Å². The molecule has 4 rings (SSSR count). The van der Waals surface area contributed by atoms with Gasteiger partial charge in [-0.05, 0) is 67.7 Å². The first-order valence-electron chi connectivity index (χ1n) is 11.8. The minimum absolute atomic E-state index is 0.0999. The Morgan fingerprint density at radius 3 is 2.67 bits per heavy atom. The van der Waals surface area contributed by atoms with Crippen molar-refractivity contribution < 1.29 is 9.47 Å². The number of thiocarbonyl (C=S) groups is 1. The zero-order chi connectivity index (χ0) is 23.3. The van der Waals surface area contributed by atoms with Gasteiger partial charge in [-0.25, -0.2) is 0 Å². The predicted molar refractivity (Wildman–Crippen MR) is 138 cm³/mol. The number of hydrogen-bond acceptors (Lipinski definition) is 4. The molecule has 3 atom stereocenters. The minimum atomic E-state index is 0.0999. The summed E-state index contributed by atoms with van der Waals surface area (Å²) in [5.74, 6) is 1.59. The quantitative estimate of drug-likeness (QED) is 0.445. The lowest BCUT2D eigenvalue weighted by Gasteiger charge is -2.46. The van der Waals surface area contributed by atoms with E-state index in [9.17, 15) is 0 Å². The highest BCUT2D eigenvalue weighted by atomic mass is 32.1. The van der Waals surface area contributed by atoms with Crippen molar-refractivity contribution in [2.45, 2.75) is 49.7 Å². The zero-order valence-corrected chi connectivity index (χ0v) is 20.5. The van der Waals surface area contributed by atoms with E-state index in [0.717, 1.165) is 50.3 Å². The van der Waals surface area contributed by atoms with Crippen LogP contribution in [0, 0.1) is 0 Å². The predicted octanol–water partition coefficient (Wildman–Crippen LogP) is 4.42. The molecule has 2 aliphatic rings. The first-order valence-corrected chi connectivity index (χ1v) is 12.2. The lowest BCUT2D eigenvalue weighted by molar-refractivity contribution is 0.134. The topological polar surface area (TPSA) is 45.8 Å². The van der Waals surface area contributed by atoms with Crippen LogP contribution < -0.4 is 20.1 Å². The smallest absolute Gasteiger partial charge is 0.166 e. The molecule has 33 heavy (non-hydrogen) atoms. The first-order chi connectivity index (χ1) is 16.1. The van der Waals surface area contributed by atoms with E-state index in [2.05, 4.69) is 70.6 Å². The normalized spacial score (nSPS) is 24.5. The van der Waals surface area contributed by atoms with Crippen molar-refractivity contribution in [1.82, 2.24) is 15.5 Å². The van der Waals surface area contributed by atoms with Gasteiger partial charge in [0.25, 0.3) is 0 Å². The largest absolute Gasteiger partial charge is 0.493 e. The zero-order valence-electron chi connectivity index (χ0n) is 19.7. The van der Waals surface area contributed by atoms with E-state index in [0.29, 0.717) is 23.7 Å². The fourth-order valence-electron chi connectivity index (χ4n) is 5.67. The molecule has 1 heterocycles. The highest BCUT2D eigenvalue weighted by Crippen LogP contribution is 2.50. The number of fused-ring (bicyclic) bond motifs is 1. The van der Waals surface area contributed by atoms with Gasteiger partial charge in [-0.15, -0.1) is 6.58 Å². The summed E-state index contributed by atoms with van der Waals surface area (Å²) in [4.78, 5) is 2.67. The van der Waals surface area contributed by atoms with Crippen LogP contribution in [0.3, 0.4) is 0 Å². The highest BCUT2D eigenvalue weighted by Gasteiger charge is 2.51. The summed E-state index contributed by atoms with van der Waals surface area (Å²) in [6.45, 7) is 6.49. The average Bonchev–Trinajstić information content (AvgIpc) is 3.21. The van der Waals surface area contributed by atoms with Crippen LogP contribution in [0.2, 0.25) is 0 Å². The summed E-state index contributed by atoms with van der Waals surface area (Å²) >= 11 is 5.52. The van der Waals surface area contributed by atoms with Crippen molar-refractivity contribution in [1.29, 1.82) is 0 Å². The summed E-state index contributed by atoms with van der Waals surface area (Å²) in [6.07, 6.45) is 6.22. The van der Waals surface area contributed by atoms with Crippen LogP contribution in [0.4, 0.5) is 0 Å². The number of likely N-dealkylation sites (tertiary alicyclic amines) is 1. The van der Waals surface area contributed by atoms with Crippen LogP contribution in [0.25, 0.3) is 0 Å². The van der Waals surface area contributed by atoms with E-state index in [4.69, 9.17) is 21.7 Å². The standard InChI is InChI=1S/C27H35N3O2S/c1-4-15-28-26(33)29-22-12-13-27(21-10-11-23(31-2)24(17-21)32-3)14-16-30(25(27)18-22)19-20-8-6-5-7-9-20/h4-11,17,22,25H,1,12-16,18-19H2,2-3H3,(H2,28,29,33). The number of nitrogens with one attached hydrogen (secondary N) is 2. The maximum atomic E-state index is 5.66. The van der Waals surface area contributed by atoms with E-state index in [1.165, 1.54) is 11.1 Å². The molecule has 0 aromatic heterocycles. The molecule has 6 heteroatoms. The molecule has 5 nitrogen and oxygen atoms in total. The second kappa shape index (κ2) is 10.6. The fourth-order valence-corrected chi connectivity index (χ4v) is 5.92. The molecule has 0 bridgehead atoms. The number of nitrogens with zero attached hydrogens (tertiary/aromatic N) is 1. The molecule has 2 aromatic carbocycles. The summed E-state index contributed by atoms with van der Waals surface area (Å²) in [5, 5.41) is 7.49. The fraction of sp³-hybridized carbons (Fsp3) is 0.444. The van der Waals surface area contributed by atoms with Crippen LogP contribution in [0.1, 0.15) is 36.8 Å². The van der Waals surface area contributed by atoms with Crippen molar-refractivity contribution in [2.75, 3.05) is 27.3 Å². The first kappa shape index (κ1) is 23.6. The van der Waals surface area contributed by atoms with Gasteiger partial charge in [-0.1, -0.05) is 42.5 Å². The van der Waals surface area contributed by atoms with Gasteiger partial charge in [0, 0.05) is 30.6 Å². The Balaban J connectivity index is 1.61. The molecule has 1 aliphatic heterocycles. The molecule has 0 spiro atoms. The second-order valence-corrected chi connectivity index (χ2v) is 9.47. The minimum Gasteiger partial charge on any atom is -0.493 e. The maximum absolute atomic E-state index is 5.66. The van der Waals surface area contributed by atoms with Gasteiger partial charge in [-0.2, -0.15) is 0 Å². The molecule has 1 saturated carbocycles. The molecule has 2 fully saturated rings. The van der Waals surface area contributed by atoms with Gasteiger partial charge in [0.15, 0.2) is 16.6 Å². The van der Waals surface area contributed by atoms with Crippen LogP contribution in [0.5, 0.6) is 11.5 Å². The van der Waals surface area contributed by atoms with Crippen molar-refractivity contribution in [2.24, 2.45) is 0 Å². The van der Waals surface area contributed by atoms with E-state index in [1.807, 2.05) is 6.08 Å². The van der Waals surface area contributed by atoms with Gasteiger partial charge in [0.05, 0.1) is 14.2 Å². The third-order valence-electron chi connectivity index (χ3n) is 7.30. The maximum Gasteiger partial charge on any atom is 0.166 e. The van der Waals surface area contributed by atoms with Crippen molar-refractivity contribution in [3.63, 3.8) is 0 Å². The Bertz CT molecular complexity index is 967. The van der Waals surface area contributed by atoms with Gasteiger partial charge in [-0.3, -0.25) is 4.90 Å². The average molecular weight is 466 g/mol. The van der Waals surface area contributed by atoms with Crippen molar-refractivity contribution in [3.05, 3.63) is 72.3 Å². The molecule has 2 N–H and O–H groups in total. The van der Waals surface area contributed by atoms with E-state index in [1.54, 1.807) is 14.2 Å².